The second kappa shape index (κ2) is 7.20. The van der Waals surface area contributed by atoms with E-state index in [2.05, 4.69) is 11.0 Å². The molecule has 1 aromatic heterocycles. The van der Waals surface area contributed by atoms with Crippen LogP contribution in [-0.4, -0.2) is 38.1 Å². The van der Waals surface area contributed by atoms with Crippen LogP contribution in [0.1, 0.15) is 50.1 Å². The van der Waals surface area contributed by atoms with E-state index >= 15 is 0 Å². The molecule has 1 atom stereocenters. The molecule has 2 aliphatic carbocycles. The van der Waals surface area contributed by atoms with Crippen LogP contribution in [0.25, 0.3) is 10.9 Å². The summed E-state index contributed by atoms with van der Waals surface area (Å²) in [6.45, 7) is 4.09. The van der Waals surface area contributed by atoms with E-state index in [-0.39, 0.29) is 21.8 Å². The number of nitrogens with zero attached hydrogens (tertiary/aromatic N) is 4. The molecule has 1 saturated heterocycles. The molecule has 2 N–H and O–H groups in total. The van der Waals surface area contributed by atoms with E-state index in [9.17, 15) is 9.59 Å². The van der Waals surface area contributed by atoms with Crippen LogP contribution >= 0.6 is 0 Å². The van der Waals surface area contributed by atoms with Crippen molar-refractivity contribution in [3.8, 4) is 6.07 Å². The molecule has 30 heavy (non-hydrogen) atoms. The normalized spacial score (nSPS) is 22.8. The number of rotatable bonds is 6. The zero-order valence-electron chi connectivity index (χ0n) is 17.3. The fraction of sp³-hybridized carbons (Fsp3) is 0.591. The van der Waals surface area contributed by atoms with Crippen LogP contribution in [0.3, 0.4) is 0 Å². The van der Waals surface area contributed by atoms with Crippen molar-refractivity contribution in [2.75, 3.05) is 23.8 Å². The van der Waals surface area contributed by atoms with Gasteiger partial charge in [0.15, 0.2) is 0 Å². The van der Waals surface area contributed by atoms with Gasteiger partial charge < -0.3 is 0 Å². The summed E-state index contributed by atoms with van der Waals surface area (Å²) in [6, 6.07) is 6.33. The van der Waals surface area contributed by atoms with Crippen LogP contribution in [-0.2, 0) is 0 Å². The van der Waals surface area contributed by atoms with Gasteiger partial charge >= 0.3 is 182 Å². The molecule has 5 rings (SSSR count). The number of anilines is 1. The molecular weight excluding hydrogens is 441 g/mol. The van der Waals surface area contributed by atoms with Crippen LogP contribution in [0.15, 0.2) is 21.7 Å². The second-order valence-electron chi connectivity index (χ2n) is 8.99. The van der Waals surface area contributed by atoms with Gasteiger partial charge in [0.1, 0.15) is 0 Å². The minimum atomic E-state index is -0.417. The Bertz CT molecular complexity index is 1170. The van der Waals surface area contributed by atoms with E-state index in [4.69, 9.17) is 11.1 Å². The molecule has 0 bridgehead atoms. The van der Waals surface area contributed by atoms with Crippen LogP contribution in [0.2, 0.25) is 9.41 Å². The average molecular weight is 468 g/mol. The van der Waals surface area contributed by atoms with Crippen LogP contribution in [0.4, 0.5) is 5.69 Å². The van der Waals surface area contributed by atoms with E-state index in [0.717, 1.165) is 52.6 Å². The third kappa shape index (κ3) is 3.08. The number of aryl methyl sites for hydroxylation is 1. The molecule has 1 aromatic carbocycles. The number of hydrogen-bond acceptors (Lipinski definition) is 5. The summed E-state index contributed by atoms with van der Waals surface area (Å²) in [4.78, 5) is 27.8. The standard InChI is InChI=1S/C22H27AsN5O2/c1-14-18(26-12-7-15(13-26)22(8-9-22)23-10-2-11-24)6-5-17-19(14)27(16-3-4-16)21(30)28(25)20(17)29/h5-6,15-16H,2-4,7-10,12-13,25H2,1H3. The molecule has 3 fully saturated rings. The number of nitrogens with two attached hydrogens (primary N) is 1. The predicted octanol–water partition coefficient (Wildman–Crippen LogP) is 2.34. The van der Waals surface area contributed by atoms with E-state index in [1.807, 2.05) is 19.1 Å². The van der Waals surface area contributed by atoms with Crippen LogP contribution < -0.4 is 22.0 Å². The fourth-order valence-corrected chi connectivity index (χ4v) is 8.45. The van der Waals surface area contributed by atoms with Crippen molar-refractivity contribution in [3.05, 3.63) is 38.5 Å². The number of fused-ring (bicyclic) bond motifs is 1. The van der Waals surface area contributed by atoms with Gasteiger partial charge in [-0.1, -0.05) is 0 Å². The molecule has 3 aliphatic rings. The van der Waals surface area contributed by atoms with Gasteiger partial charge in [0.2, 0.25) is 0 Å². The first-order valence-corrected chi connectivity index (χ1v) is 13.1. The van der Waals surface area contributed by atoms with Crippen molar-refractivity contribution in [1.82, 2.24) is 9.24 Å². The van der Waals surface area contributed by atoms with Crippen molar-refractivity contribution >= 4 is 32.3 Å². The third-order valence-corrected chi connectivity index (χ3v) is 11.1. The van der Waals surface area contributed by atoms with Gasteiger partial charge in [-0.3, -0.25) is 0 Å². The van der Waals surface area contributed by atoms with Gasteiger partial charge in [0.25, 0.3) is 0 Å². The van der Waals surface area contributed by atoms with Crippen molar-refractivity contribution in [2.45, 2.75) is 60.9 Å². The summed E-state index contributed by atoms with van der Waals surface area (Å²) < 4.78 is 3.03. The number of aromatic nitrogens is 2. The summed E-state index contributed by atoms with van der Waals surface area (Å²) in [5.41, 5.74) is 2.08. The van der Waals surface area contributed by atoms with Gasteiger partial charge in [-0.2, -0.15) is 0 Å². The molecule has 2 aromatic rings. The maximum absolute atomic E-state index is 12.8. The van der Waals surface area contributed by atoms with Crippen molar-refractivity contribution < 1.29 is 0 Å². The van der Waals surface area contributed by atoms with Crippen molar-refractivity contribution in [1.29, 1.82) is 5.26 Å². The van der Waals surface area contributed by atoms with Gasteiger partial charge in [-0.25, -0.2) is 0 Å². The zero-order chi connectivity index (χ0) is 21.0. The number of nitriles is 1. The number of nitrogen functional groups attached to an aromatic ring is 1. The Morgan fingerprint density at radius 3 is 2.70 bits per heavy atom. The molecule has 2 saturated carbocycles. The monoisotopic (exact) mass is 468 g/mol. The van der Waals surface area contributed by atoms with Crippen LogP contribution in [0.5, 0.6) is 0 Å². The van der Waals surface area contributed by atoms with E-state index in [1.54, 1.807) is 4.57 Å². The summed E-state index contributed by atoms with van der Waals surface area (Å²) in [5.74, 6) is 6.49. The summed E-state index contributed by atoms with van der Waals surface area (Å²) >= 11 is 0.233. The van der Waals surface area contributed by atoms with Gasteiger partial charge in [0, 0.05) is 0 Å². The Morgan fingerprint density at radius 2 is 2.03 bits per heavy atom. The second-order valence-corrected chi connectivity index (χ2v) is 12.5. The maximum atomic E-state index is 12.8. The summed E-state index contributed by atoms with van der Waals surface area (Å²) in [7, 11) is 0. The van der Waals surface area contributed by atoms with Gasteiger partial charge in [-0.15, -0.1) is 0 Å². The Hall–Kier alpha value is -2.19. The molecule has 0 spiro atoms. The predicted molar refractivity (Wildman–Crippen MR) is 119 cm³/mol. The summed E-state index contributed by atoms with van der Waals surface area (Å²) in [5, 5.41) is 10.5. The molecule has 1 aliphatic heterocycles. The summed E-state index contributed by atoms with van der Waals surface area (Å²) in [6.07, 6.45) is 6.45. The van der Waals surface area contributed by atoms with Crippen molar-refractivity contribution in [2.24, 2.45) is 5.92 Å². The molecule has 7 nitrogen and oxygen atoms in total. The van der Waals surface area contributed by atoms with E-state index in [1.165, 1.54) is 19.3 Å². The molecule has 1 radical (unpaired) electrons. The Balaban J connectivity index is 1.49. The Labute approximate surface area is 182 Å². The average Bonchev–Trinajstić information content (AvgIpc) is 3.67. The SMILES string of the molecule is Cc1c(N2CCC(C3([As]CCC#N)CC3)C2)ccc2c(=O)n(N)c(=O)n(C3CC3)c12. The Kier molecular flexibility index (Phi) is 4.74. The fourth-order valence-electron chi connectivity index (χ4n) is 5.18. The minimum absolute atomic E-state index is 0.148. The topological polar surface area (TPSA) is 97.1 Å². The first-order valence-electron chi connectivity index (χ1n) is 10.8. The quantitative estimate of drug-likeness (QED) is 0.399. The zero-order valence-corrected chi connectivity index (χ0v) is 19.2. The first-order chi connectivity index (χ1) is 14.5. The van der Waals surface area contributed by atoms with E-state index in [0.29, 0.717) is 21.9 Å². The first kappa shape index (κ1) is 19.8. The number of hydrogen-bond donors (Lipinski definition) is 1. The van der Waals surface area contributed by atoms with E-state index < -0.39 is 11.2 Å². The molecule has 2 heterocycles. The molecule has 8 heteroatoms. The molecule has 157 valence electrons. The third-order valence-electron chi connectivity index (χ3n) is 7.12. The molecule has 0 amide bonds. The van der Waals surface area contributed by atoms with Gasteiger partial charge in [0.05, 0.1) is 0 Å². The molecule has 1 unspecified atom stereocenters. The number of benzene rings is 1. The van der Waals surface area contributed by atoms with Gasteiger partial charge in [-0.05, 0) is 0 Å². The Morgan fingerprint density at radius 1 is 1.27 bits per heavy atom. The van der Waals surface area contributed by atoms with Crippen LogP contribution in [0, 0.1) is 24.2 Å². The molecular formula is C22H27AsN5O2. The van der Waals surface area contributed by atoms with Crippen molar-refractivity contribution in [3.63, 3.8) is 0 Å².